The van der Waals surface area contributed by atoms with Crippen LogP contribution in [0.1, 0.15) is 42.2 Å². The van der Waals surface area contributed by atoms with E-state index in [0.29, 0.717) is 12.2 Å². The van der Waals surface area contributed by atoms with Crippen LogP contribution in [0.5, 0.6) is 5.75 Å². The average molecular weight is 444 g/mol. The van der Waals surface area contributed by atoms with Crippen molar-refractivity contribution >= 4 is 17.6 Å². The minimum absolute atomic E-state index is 0.366. The van der Waals surface area contributed by atoms with E-state index in [2.05, 4.69) is 5.10 Å². The van der Waals surface area contributed by atoms with Crippen molar-refractivity contribution in [3.63, 3.8) is 0 Å². The SMILES string of the molecule is COc1ccc(C2=NN(C(=O)COC(=O)C3(c4ccccc4)CC3)[C@@H](c3ccco3)C2)cc1. The Balaban J connectivity index is 1.32. The van der Waals surface area contributed by atoms with Crippen molar-refractivity contribution in [2.75, 3.05) is 13.7 Å². The van der Waals surface area contributed by atoms with Crippen LogP contribution in [-0.4, -0.2) is 36.3 Å². The number of nitrogens with zero attached hydrogens (tertiary/aromatic N) is 2. The molecule has 5 rings (SSSR count). The van der Waals surface area contributed by atoms with Crippen LogP contribution in [0.15, 0.2) is 82.5 Å². The Morgan fingerprint density at radius 2 is 1.82 bits per heavy atom. The Morgan fingerprint density at radius 1 is 1.06 bits per heavy atom. The normalized spacial score (nSPS) is 18.5. The van der Waals surface area contributed by atoms with Gasteiger partial charge in [0.05, 0.1) is 24.5 Å². The summed E-state index contributed by atoms with van der Waals surface area (Å²) in [5, 5.41) is 5.94. The molecular weight excluding hydrogens is 420 g/mol. The molecule has 3 aromatic rings. The minimum Gasteiger partial charge on any atom is -0.497 e. The number of hydrogen-bond donors (Lipinski definition) is 0. The molecule has 2 heterocycles. The highest BCUT2D eigenvalue weighted by molar-refractivity contribution is 6.03. The number of methoxy groups -OCH3 is 1. The second-order valence-electron chi connectivity index (χ2n) is 8.27. The zero-order valence-electron chi connectivity index (χ0n) is 18.3. The molecule has 0 spiro atoms. The first-order valence-corrected chi connectivity index (χ1v) is 10.9. The van der Waals surface area contributed by atoms with Crippen LogP contribution in [0.25, 0.3) is 0 Å². The van der Waals surface area contributed by atoms with Crippen LogP contribution in [0, 0.1) is 0 Å². The van der Waals surface area contributed by atoms with Crippen molar-refractivity contribution in [1.29, 1.82) is 0 Å². The Morgan fingerprint density at radius 3 is 2.45 bits per heavy atom. The highest BCUT2D eigenvalue weighted by atomic mass is 16.5. The first-order valence-electron chi connectivity index (χ1n) is 10.9. The molecule has 0 unspecified atom stereocenters. The second-order valence-corrected chi connectivity index (χ2v) is 8.27. The van der Waals surface area contributed by atoms with Gasteiger partial charge in [0.25, 0.3) is 5.91 Å². The molecule has 0 bridgehead atoms. The average Bonchev–Trinajstić information content (AvgIpc) is 3.28. The van der Waals surface area contributed by atoms with E-state index < -0.39 is 17.4 Å². The van der Waals surface area contributed by atoms with Crippen LogP contribution in [0.3, 0.4) is 0 Å². The second kappa shape index (κ2) is 8.58. The fourth-order valence-electron chi connectivity index (χ4n) is 4.23. The lowest BCUT2D eigenvalue weighted by Gasteiger charge is -2.20. The number of carbonyl (C=O) groups excluding carboxylic acids is 2. The van der Waals surface area contributed by atoms with E-state index in [1.165, 1.54) is 5.01 Å². The summed E-state index contributed by atoms with van der Waals surface area (Å²) in [6, 6.07) is 20.3. The maximum atomic E-state index is 13.1. The van der Waals surface area contributed by atoms with Gasteiger partial charge in [-0.1, -0.05) is 30.3 Å². The molecule has 0 saturated heterocycles. The van der Waals surface area contributed by atoms with E-state index in [1.807, 2.05) is 60.7 Å². The van der Waals surface area contributed by atoms with Crippen LogP contribution in [0.4, 0.5) is 0 Å². The van der Waals surface area contributed by atoms with Crippen molar-refractivity contribution < 1.29 is 23.5 Å². The van der Waals surface area contributed by atoms with Gasteiger partial charge in [0, 0.05) is 6.42 Å². The fourth-order valence-corrected chi connectivity index (χ4v) is 4.23. The number of amides is 1. The van der Waals surface area contributed by atoms with Gasteiger partial charge < -0.3 is 13.9 Å². The third kappa shape index (κ3) is 4.02. The molecular formula is C26H24N2O5. The number of furan rings is 1. The predicted octanol–water partition coefficient (Wildman–Crippen LogP) is 4.24. The van der Waals surface area contributed by atoms with Gasteiger partial charge in [-0.3, -0.25) is 9.59 Å². The Labute approximate surface area is 191 Å². The number of ether oxygens (including phenoxy) is 2. The molecule has 1 fully saturated rings. The molecule has 33 heavy (non-hydrogen) atoms. The van der Waals surface area contributed by atoms with Gasteiger partial charge in [-0.2, -0.15) is 5.10 Å². The lowest BCUT2D eigenvalue weighted by molar-refractivity contribution is -0.155. The van der Waals surface area contributed by atoms with Crippen LogP contribution in [-0.2, 0) is 19.7 Å². The summed E-state index contributed by atoms with van der Waals surface area (Å²) >= 11 is 0. The molecule has 0 radical (unpaired) electrons. The van der Waals surface area contributed by atoms with Gasteiger partial charge in [0.2, 0.25) is 0 Å². The van der Waals surface area contributed by atoms with E-state index in [0.717, 1.165) is 35.4 Å². The highest BCUT2D eigenvalue weighted by Gasteiger charge is 2.53. The summed E-state index contributed by atoms with van der Waals surface area (Å²) in [6.07, 6.45) is 3.51. The third-order valence-electron chi connectivity index (χ3n) is 6.25. The van der Waals surface area contributed by atoms with Gasteiger partial charge in [-0.05, 0) is 60.4 Å². The lowest BCUT2D eigenvalue weighted by Crippen LogP contribution is -2.33. The quantitative estimate of drug-likeness (QED) is 0.509. The van der Waals surface area contributed by atoms with Crippen LogP contribution in [0.2, 0.25) is 0 Å². The lowest BCUT2D eigenvalue weighted by atomic mass is 9.96. The van der Waals surface area contributed by atoms with Crippen molar-refractivity contribution in [2.24, 2.45) is 5.10 Å². The number of rotatable bonds is 7. The number of hydrazone groups is 1. The monoisotopic (exact) mass is 444 g/mol. The molecule has 168 valence electrons. The van der Waals surface area contributed by atoms with Crippen molar-refractivity contribution in [3.05, 3.63) is 89.9 Å². The van der Waals surface area contributed by atoms with Gasteiger partial charge in [-0.25, -0.2) is 5.01 Å². The summed E-state index contributed by atoms with van der Waals surface area (Å²) in [5.41, 5.74) is 1.93. The molecule has 2 aromatic carbocycles. The number of hydrogen-bond acceptors (Lipinski definition) is 6. The summed E-state index contributed by atoms with van der Waals surface area (Å²) in [6.45, 7) is -0.371. The number of carbonyl (C=O) groups is 2. The van der Waals surface area contributed by atoms with E-state index in [4.69, 9.17) is 13.9 Å². The van der Waals surface area contributed by atoms with Crippen molar-refractivity contribution in [3.8, 4) is 5.75 Å². The standard InChI is InChI=1S/C26H24N2O5/c1-31-20-11-9-18(10-12-20)21-16-22(23-8-5-15-32-23)28(27-21)24(29)17-33-25(30)26(13-14-26)19-6-3-2-4-7-19/h2-12,15,22H,13-14,16-17H2,1H3/t22-/m1/s1. The predicted molar refractivity (Wildman–Crippen MR) is 121 cm³/mol. The molecule has 1 aliphatic carbocycles. The van der Waals surface area contributed by atoms with Crippen molar-refractivity contribution in [2.45, 2.75) is 30.7 Å². The van der Waals surface area contributed by atoms with Crippen LogP contribution < -0.4 is 4.74 Å². The van der Waals surface area contributed by atoms with Gasteiger partial charge >= 0.3 is 5.97 Å². The smallest absolute Gasteiger partial charge is 0.317 e. The summed E-state index contributed by atoms with van der Waals surface area (Å²) in [5.74, 6) is 0.615. The fraction of sp³-hybridized carbons (Fsp3) is 0.269. The summed E-state index contributed by atoms with van der Waals surface area (Å²) < 4.78 is 16.3. The number of esters is 1. The Kier molecular flexibility index (Phi) is 5.46. The van der Waals surface area contributed by atoms with Gasteiger partial charge in [0.1, 0.15) is 17.6 Å². The maximum absolute atomic E-state index is 13.1. The summed E-state index contributed by atoms with van der Waals surface area (Å²) in [7, 11) is 1.61. The molecule has 1 amide bonds. The zero-order valence-corrected chi connectivity index (χ0v) is 18.3. The largest absolute Gasteiger partial charge is 0.497 e. The summed E-state index contributed by atoms with van der Waals surface area (Å²) in [4.78, 5) is 25.9. The third-order valence-corrected chi connectivity index (χ3v) is 6.25. The van der Waals surface area contributed by atoms with E-state index >= 15 is 0 Å². The minimum atomic E-state index is -0.634. The molecule has 7 nitrogen and oxygen atoms in total. The molecule has 1 atom stereocenters. The Bertz CT molecular complexity index is 1170. The molecule has 1 saturated carbocycles. The molecule has 0 N–H and O–H groups in total. The molecule has 2 aliphatic rings. The molecule has 1 aliphatic heterocycles. The van der Waals surface area contributed by atoms with Crippen molar-refractivity contribution in [1.82, 2.24) is 5.01 Å². The van der Waals surface area contributed by atoms with E-state index in [1.54, 1.807) is 19.4 Å². The highest BCUT2D eigenvalue weighted by Crippen LogP contribution is 2.49. The van der Waals surface area contributed by atoms with Gasteiger partial charge in [0.15, 0.2) is 6.61 Å². The van der Waals surface area contributed by atoms with Gasteiger partial charge in [-0.15, -0.1) is 0 Å². The first kappa shape index (κ1) is 21.0. The zero-order chi connectivity index (χ0) is 22.8. The first-order chi connectivity index (χ1) is 16.1. The Hall–Kier alpha value is -3.87. The topological polar surface area (TPSA) is 81.3 Å². The van der Waals surface area contributed by atoms with E-state index in [-0.39, 0.29) is 12.6 Å². The van der Waals surface area contributed by atoms with Crippen LogP contribution >= 0.6 is 0 Å². The maximum Gasteiger partial charge on any atom is 0.317 e. The molecule has 1 aromatic heterocycles. The number of benzene rings is 2. The molecule has 7 heteroatoms. The van der Waals surface area contributed by atoms with E-state index in [9.17, 15) is 9.59 Å².